The molecule has 0 aliphatic carbocycles. The largest absolute Gasteiger partial charge is 0.368 e. The second-order valence-corrected chi connectivity index (χ2v) is 2.81. The minimum absolute atomic E-state index is 0. The Morgan fingerprint density at radius 2 is 1.92 bits per heavy atom. The van der Waals surface area contributed by atoms with Crippen molar-refractivity contribution in [3.63, 3.8) is 0 Å². The topological polar surface area (TPSA) is 29.5 Å². The third-order valence-corrected chi connectivity index (χ3v) is 1.83. The lowest BCUT2D eigenvalue weighted by atomic mass is 10.2. The van der Waals surface area contributed by atoms with E-state index in [2.05, 4.69) is 0 Å². The molecule has 1 heterocycles. The highest BCUT2D eigenvalue weighted by molar-refractivity contribution is 8.93. The van der Waals surface area contributed by atoms with Gasteiger partial charge in [-0.1, -0.05) is 13.3 Å². The molecule has 0 radical (unpaired) electrons. The number of hydroxylamine groups is 2. The van der Waals surface area contributed by atoms with E-state index in [1.54, 1.807) is 5.06 Å². The third-order valence-electron chi connectivity index (χ3n) is 1.83. The second-order valence-electron chi connectivity index (χ2n) is 2.81. The Morgan fingerprint density at radius 3 is 2.42 bits per heavy atom. The van der Waals surface area contributed by atoms with E-state index >= 15 is 0 Å². The maximum atomic E-state index is 10.8. The Kier molecular flexibility index (Phi) is 6.38. The smallest absolute Gasteiger partial charge is 0.324 e. The lowest BCUT2D eigenvalue weighted by molar-refractivity contribution is -0.193. The molecule has 1 saturated heterocycles. The highest BCUT2D eigenvalue weighted by Gasteiger charge is 2.13. The maximum Gasteiger partial charge on any atom is 0.324 e. The van der Waals surface area contributed by atoms with Gasteiger partial charge in [0.25, 0.3) is 0 Å². The van der Waals surface area contributed by atoms with Gasteiger partial charge in [-0.2, -0.15) is 0 Å². The lowest BCUT2D eigenvalue weighted by Gasteiger charge is -2.24. The summed E-state index contributed by atoms with van der Waals surface area (Å²) in [6.07, 6.45) is 4.03. The zero-order valence-corrected chi connectivity index (χ0v) is 9.13. The summed E-state index contributed by atoms with van der Waals surface area (Å²) in [5.74, 6) is -0.119. The van der Waals surface area contributed by atoms with Crippen LogP contribution in [0.15, 0.2) is 0 Å². The van der Waals surface area contributed by atoms with E-state index in [1.165, 1.54) is 6.42 Å². The first-order valence-electron chi connectivity index (χ1n) is 4.28. The number of nitrogens with zero attached hydrogens (tertiary/aromatic N) is 1. The van der Waals surface area contributed by atoms with Gasteiger partial charge in [0.15, 0.2) is 0 Å². The van der Waals surface area contributed by atoms with Crippen LogP contribution in [0, 0.1) is 0 Å². The fraction of sp³-hybridized carbons (Fsp3) is 0.875. The molecule has 0 saturated carbocycles. The Morgan fingerprint density at radius 1 is 1.33 bits per heavy atom. The Hall–Kier alpha value is -0.0900. The number of piperidine rings is 1. The number of hydrogen-bond donors (Lipinski definition) is 0. The molecule has 0 N–H and O–H groups in total. The van der Waals surface area contributed by atoms with Gasteiger partial charge < -0.3 is 4.84 Å². The van der Waals surface area contributed by atoms with Crippen molar-refractivity contribution in [3.05, 3.63) is 0 Å². The van der Waals surface area contributed by atoms with E-state index in [0.29, 0.717) is 6.42 Å². The Bertz CT molecular complexity index is 135. The molecule has 0 aromatic rings. The van der Waals surface area contributed by atoms with E-state index < -0.39 is 0 Å². The molecule has 1 fully saturated rings. The first kappa shape index (κ1) is 11.9. The number of halogens is 1. The van der Waals surface area contributed by atoms with Gasteiger partial charge >= 0.3 is 5.97 Å². The van der Waals surface area contributed by atoms with E-state index in [4.69, 9.17) is 4.84 Å². The number of carbonyl (C=O) groups excluding carboxylic acids is 1. The molecule has 3 nitrogen and oxygen atoms in total. The minimum Gasteiger partial charge on any atom is -0.368 e. The van der Waals surface area contributed by atoms with Gasteiger partial charge in [-0.3, -0.25) is 4.79 Å². The van der Waals surface area contributed by atoms with Crippen molar-refractivity contribution in [2.24, 2.45) is 0 Å². The van der Waals surface area contributed by atoms with Crippen molar-refractivity contribution in [3.8, 4) is 0 Å². The predicted molar refractivity (Wildman–Crippen MR) is 52.1 cm³/mol. The summed E-state index contributed by atoms with van der Waals surface area (Å²) in [7, 11) is 0. The van der Waals surface area contributed by atoms with Gasteiger partial charge in [-0.15, -0.1) is 22.0 Å². The summed E-state index contributed by atoms with van der Waals surface area (Å²) >= 11 is 0. The highest BCUT2D eigenvalue weighted by Crippen LogP contribution is 2.08. The number of carbonyl (C=O) groups is 1. The van der Waals surface area contributed by atoms with Gasteiger partial charge in [-0.25, -0.2) is 0 Å². The molecule has 0 aromatic carbocycles. The maximum absolute atomic E-state index is 10.8. The van der Waals surface area contributed by atoms with Gasteiger partial charge in [0.2, 0.25) is 0 Å². The second kappa shape index (κ2) is 6.43. The minimum atomic E-state index is -0.119. The van der Waals surface area contributed by atoms with Crippen molar-refractivity contribution < 1.29 is 9.63 Å². The van der Waals surface area contributed by atoms with Crippen LogP contribution in [0.5, 0.6) is 0 Å². The Labute approximate surface area is 83.8 Å². The first-order valence-corrected chi connectivity index (χ1v) is 4.28. The average molecular weight is 238 g/mol. The molecule has 0 bridgehead atoms. The fourth-order valence-electron chi connectivity index (χ4n) is 1.16. The van der Waals surface area contributed by atoms with Crippen molar-refractivity contribution in [2.45, 2.75) is 32.6 Å². The van der Waals surface area contributed by atoms with Crippen LogP contribution in [-0.2, 0) is 9.63 Å². The zero-order valence-electron chi connectivity index (χ0n) is 7.41. The standard InChI is InChI=1S/C8H15NO2.BrH/c1-2-8(10)11-9-6-4-3-5-7-9;/h2-7H2,1H3;1H. The quantitative estimate of drug-likeness (QED) is 0.736. The van der Waals surface area contributed by atoms with Crippen LogP contribution < -0.4 is 0 Å². The first-order chi connectivity index (χ1) is 5.33. The summed E-state index contributed by atoms with van der Waals surface area (Å²) in [6.45, 7) is 3.63. The predicted octanol–water partition coefficient (Wildman–Crippen LogP) is 1.92. The van der Waals surface area contributed by atoms with Crippen molar-refractivity contribution in [1.29, 1.82) is 0 Å². The molecule has 1 rings (SSSR count). The van der Waals surface area contributed by atoms with Crippen molar-refractivity contribution in [1.82, 2.24) is 5.06 Å². The van der Waals surface area contributed by atoms with Crippen LogP contribution in [-0.4, -0.2) is 24.1 Å². The molecule has 0 unspecified atom stereocenters. The average Bonchev–Trinajstić information content (AvgIpc) is 2.06. The molecule has 12 heavy (non-hydrogen) atoms. The van der Waals surface area contributed by atoms with Gasteiger partial charge in [-0.05, 0) is 12.8 Å². The van der Waals surface area contributed by atoms with Crippen molar-refractivity contribution in [2.75, 3.05) is 13.1 Å². The fourth-order valence-corrected chi connectivity index (χ4v) is 1.16. The molecule has 1 aliphatic heterocycles. The SMILES string of the molecule is Br.CCC(=O)ON1CCCCC1. The van der Waals surface area contributed by atoms with E-state index in [-0.39, 0.29) is 23.0 Å². The number of hydrogen-bond acceptors (Lipinski definition) is 3. The van der Waals surface area contributed by atoms with Gasteiger partial charge in [0, 0.05) is 19.5 Å². The van der Waals surface area contributed by atoms with Crippen LogP contribution in [0.4, 0.5) is 0 Å². The van der Waals surface area contributed by atoms with E-state index in [9.17, 15) is 4.79 Å². The Balaban J connectivity index is 0.00000121. The van der Waals surface area contributed by atoms with Crippen LogP contribution in [0.25, 0.3) is 0 Å². The summed E-state index contributed by atoms with van der Waals surface area (Å²) in [5.41, 5.74) is 0. The normalized spacial score (nSPS) is 18.1. The summed E-state index contributed by atoms with van der Waals surface area (Å²) in [5, 5.41) is 1.77. The third kappa shape index (κ3) is 4.07. The van der Waals surface area contributed by atoms with Crippen molar-refractivity contribution >= 4 is 23.0 Å². The van der Waals surface area contributed by atoms with Crippen LogP contribution in [0.2, 0.25) is 0 Å². The summed E-state index contributed by atoms with van der Waals surface area (Å²) in [6, 6.07) is 0. The molecule has 0 atom stereocenters. The van der Waals surface area contributed by atoms with Crippen LogP contribution in [0.1, 0.15) is 32.6 Å². The monoisotopic (exact) mass is 237 g/mol. The molecule has 0 aromatic heterocycles. The summed E-state index contributed by atoms with van der Waals surface area (Å²) in [4.78, 5) is 15.9. The zero-order chi connectivity index (χ0) is 8.10. The van der Waals surface area contributed by atoms with Gasteiger partial charge in [0.1, 0.15) is 0 Å². The number of rotatable bonds is 2. The van der Waals surface area contributed by atoms with Crippen LogP contribution >= 0.6 is 17.0 Å². The molecule has 0 spiro atoms. The van der Waals surface area contributed by atoms with E-state index in [1.807, 2.05) is 6.92 Å². The molecule has 0 amide bonds. The van der Waals surface area contributed by atoms with Crippen LogP contribution in [0.3, 0.4) is 0 Å². The summed E-state index contributed by atoms with van der Waals surface area (Å²) < 4.78 is 0. The van der Waals surface area contributed by atoms with Gasteiger partial charge in [0.05, 0.1) is 0 Å². The molecular weight excluding hydrogens is 222 g/mol. The van der Waals surface area contributed by atoms with E-state index in [0.717, 1.165) is 25.9 Å². The molecule has 4 heteroatoms. The molecule has 1 aliphatic rings. The lowest BCUT2D eigenvalue weighted by Crippen LogP contribution is -2.32. The molecule has 72 valence electrons. The highest BCUT2D eigenvalue weighted by atomic mass is 79.9. The molecular formula is C8H16BrNO2.